The van der Waals surface area contributed by atoms with Crippen molar-refractivity contribution in [3.8, 4) is 5.75 Å². The number of anilines is 1. The van der Waals surface area contributed by atoms with E-state index in [-0.39, 0.29) is 12.5 Å². The van der Waals surface area contributed by atoms with Crippen molar-refractivity contribution in [1.29, 1.82) is 0 Å². The van der Waals surface area contributed by atoms with Gasteiger partial charge in [-0.3, -0.25) is 4.79 Å². The molecule has 1 aromatic heterocycles. The highest BCUT2D eigenvalue weighted by molar-refractivity contribution is 6.30. The molecular weight excluding hydrogens is 342 g/mol. The van der Waals surface area contributed by atoms with Gasteiger partial charge in [0.1, 0.15) is 11.6 Å². The minimum absolute atomic E-state index is 0.0468. The fraction of sp³-hybridized carbons (Fsp3) is 0.333. The topological polar surface area (TPSA) is 63.7 Å². The van der Waals surface area contributed by atoms with Crippen LogP contribution in [0.25, 0.3) is 0 Å². The molecule has 0 atom stereocenters. The first-order valence-corrected chi connectivity index (χ1v) is 8.52. The van der Waals surface area contributed by atoms with E-state index in [0.29, 0.717) is 30.5 Å². The van der Waals surface area contributed by atoms with E-state index in [9.17, 15) is 4.79 Å². The van der Waals surface area contributed by atoms with Crippen molar-refractivity contribution >= 4 is 23.3 Å². The lowest BCUT2D eigenvalue weighted by Crippen LogP contribution is -2.38. The zero-order valence-electron chi connectivity index (χ0n) is 13.8. The van der Waals surface area contributed by atoms with Gasteiger partial charge in [-0.25, -0.2) is 4.98 Å². The van der Waals surface area contributed by atoms with E-state index in [0.717, 1.165) is 24.5 Å². The largest absolute Gasteiger partial charge is 0.484 e. The second-order valence-electron chi connectivity index (χ2n) is 5.60. The second-order valence-corrected chi connectivity index (χ2v) is 6.04. The number of nitrogens with zero attached hydrogens (tertiary/aromatic N) is 2. The maximum Gasteiger partial charge on any atom is 0.258 e. The van der Waals surface area contributed by atoms with Crippen LogP contribution >= 0.6 is 11.6 Å². The van der Waals surface area contributed by atoms with Crippen LogP contribution in [0.2, 0.25) is 5.02 Å². The van der Waals surface area contributed by atoms with Gasteiger partial charge in [-0.05, 0) is 30.3 Å². The smallest absolute Gasteiger partial charge is 0.258 e. The average Bonchev–Trinajstić information content (AvgIpc) is 2.67. The number of carbonyl (C=O) groups is 1. The van der Waals surface area contributed by atoms with E-state index in [2.05, 4.69) is 15.2 Å². The lowest BCUT2D eigenvalue weighted by atomic mass is 10.2. The van der Waals surface area contributed by atoms with Crippen LogP contribution in [0.1, 0.15) is 5.56 Å². The predicted octanol–water partition coefficient (Wildman–Crippen LogP) is 2.27. The van der Waals surface area contributed by atoms with Crippen LogP contribution in [0, 0.1) is 0 Å². The van der Waals surface area contributed by atoms with Gasteiger partial charge in [0, 0.05) is 36.4 Å². The number of carbonyl (C=O) groups excluding carboxylic acids is 1. The SMILES string of the molecule is O=C(COc1ccc(Cl)cc1)NCc1cccnc1N1CCOCC1. The van der Waals surface area contributed by atoms with E-state index < -0.39 is 0 Å². The number of halogens is 1. The van der Waals surface area contributed by atoms with Gasteiger partial charge < -0.3 is 19.7 Å². The van der Waals surface area contributed by atoms with Gasteiger partial charge in [0.2, 0.25) is 0 Å². The summed E-state index contributed by atoms with van der Waals surface area (Å²) in [5, 5.41) is 3.50. The first-order valence-electron chi connectivity index (χ1n) is 8.14. The summed E-state index contributed by atoms with van der Waals surface area (Å²) >= 11 is 5.82. The summed E-state index contributed by atoms with van der Waals surface area (Å²) in [5.74, 6) is 1.31. The molecule has 1 aliphatic heterocycles. The highest BCUT2D eigenvalue weighted by atomic mass is 35.5. The Labute approximate surface area is 151 Å². The maximum atomic E-state index is 12.0. The second kappa shape index (κ2) is 8.69. The number of benzene rings is 1. The van der Waals surface area contributed by atoms with Gasteiger partial charge in [-0.2, -0.15) is 0 Å². The molecule has 0 bridgehead atoms. The summed E-state index contributed by atoms with van der Waals surface area (Å²) in [6.45, 7) is 3.35. The van der Waals surface area contributed by atoms with Crippen LogP contribution in [0.3, 0.4) is 0 Å². The molecule has 3 rings (SSSR count). The lowest BCUT2D eigenvalue weighted by molar-refractivity contribution is -0.123. The molecule has 25 heavy (non-hydrogen) atoms. The van der Waals surface area contributed by atoms with Gasteiger partial charge >= 0.3 is 0 Å². The molecule has 0 unspecified atom stereocenters. The van der Waals surface area contributed by atoms with Gasteiger partial charge in [0.25, 0.3) is 5.91 Å². The van der Waals surface area contributed by atoms with Gasteiger partial charge in [0.15, 0.2) is 6.61 Å². The number of rotatable bonds is 6. The minimum atomic E-state index is -0.188. The zero-order valence-corrected chi connectivity index (χ0v) is 14.5. The van der Waals surface area contributed by atoms with Crippen LogP contribution in [0.5, 0.6) is 5.75 Å². The molecule has 2 heterocycles. The van der Waals surface area contributed by atoms with Crippen LogP contribution in [-0.2, 0) is 16.1 Å². The number of morpholine rings is 1. The van der Waals surface area contributed by atoms with Crippen molar-refractivity contribution in [1.82, 2.24) is 10.3 Å². The Morgan fingerprint density at radius 1 is 1.24 bits per heavy atom. The summed E-state index contributed by atoms with van der Waals surface area (Å²) < 4.78 is 10.8. The van der Waals surface area contributed by atoms with E-state index in [1.165, 1.54) is 0 Å². The summed E-state index contributed by atoms with van der Waals surface area (Å²) in [6, 6.07) is 10.7. The summed E-state index contributed by atoms with van der Waals surface area (Å²) in [5.41, 5.74) is 0.976. The molecule has 1 saturated heterocycles. The maximum absolute atomic E-state index is 12.0. The molecule has 1 amide bonds. The molecule has 1 aliphatic rings. The quantitative estimate of drug-likeness (QED) is 0.855. The van der Waals surface area contributed by atoms with Gasteiger partial charge in [-0.1, -0.05) is 17.7 Å². The molecule has 132 valence electrons. The Bertz CT molecular complexity index is 703. The Morgan fingerprint density at radius 3 is 2.76 bits per heavy atom. The third-order valence-electron chi connectivity index (χ3n) is 3.84. The molecule has 0 spiro atoms. The molecule has 0 saturated carbocycles. The predicted molar refractivity (Wildman–Crippen MR) is 96.1 cm³/mol. The van der Waals surface area contributed by atoms with Crippen molar-refractivity contribution < 1.29 is 14.3 Å². The fourth-order valence-electron chi connectivity index (χ4n) is 2.55. The Kier molecular flexibility index (Phi) is 6.09. The first kappa shape index (κ1) is 17.5. The van der Waals surface area contributed by atoms with E-state index in [1.54, 1.807) is 30.5 Å². The number of pyridine rings is 1. The number of hydrogen-bond donors (Lipinski definition) is 1. The summed E-state index contributed by atoms with van der Waals surface area (Å²) in [6.07, 6.45) is 1.76. The average molecular weight is 362 g/mol. The Morgan fingerprint density at radius 2 is 2.00 bits per heavy atom. The van der Waals surface area contributed by atoms with E-state index in [4.69, 9.17) is 21.1 Å². The van der Waals surface area contributed by atoms with Crippen LogP contribution < -0.4 is 15.0 Å². The summed E-state index contributed by atoms with van der Waals surface area (Å²) in [4.78, 5) is 18.7. The van der Waals surface area contributed by atoms with Crippen molar-refractivity contribution in [2.75, 3.05) is 37.8 Å². The molecule has 1 aromatic carbocycles. The molecule has 1 N–H and O–H groups in total. The highest BCUT2D eigenvalue weighted by Crippen LogP contribution is 2.18. The number of hydrogen-bond acceptors (Lipinski definition) is 5. The van der Waals surface area contributed by atoms with Crippen LogP contribution in [-0.4, -0.2) is 43.8 Å². The molecular formula is C18H20ClN3O3. The van der Waals surface area contributed by atoms with Crippen molar-refractivity contribution in [3.63, 3.8) is 0 Å². The minimum Gasteiger partial charge on any atom is -0.484 e. The fourth-order valence-corrected chi connectivity index (χ4v) is 2.68. The third kappa shape index (κ3) is 5.08. The normalized spacial score (nSPS) is 14.2. The molecule has 1 fully saturated rings. The highest BCUT2D eigenvalue weighted by Gasteiger charge is 2.16. The zero-order chi connectivity index (χ0) is 17.5. The molecule has 0 aliphatic carbocycles. The third-order valence-corrected chi connectivity index (χ3v) is 4.09. The van der Waals surface area contributed by atoms with Crippen molar-refractivity contribution in [2.45, 2.75) is 6.54 Å². The first-order chi connectivity index (χ1) is 12.2. The Hall–Kier alpha value is -2.31. The molecule has 7 heteroatoms. The molecule has 2 aromatic rings. The van der Waals surface area contributed by atoms with Crippen LogP contribution in [0.4, 0.5) is 5.82 Å². The van der Waals surface area contributed by atoms with Crippen LogP contribution in [0.15, 0.2) is 42.6 Å². The van der Waals surface area contributed by atoms with E-state index in [1.807, 2.05) is 12.1 Å². The number of nitrogens with one attached hydrogen (secondary N) is 1. The van der Waals surface area contributed by atoms with Crippen molar-refractivity contribution in [3.05, 3.63) is 53.2 Å². The number of ether oxygens (including phenoxy) is 2. The lowest BCUT2D eigenvalue weighted by Gasteiger charge is -2.29. The number of aromatic nitrogens is 1. The molecule has 0 radical (unpaired) electrons. The number of amides is 1. The Balaban J connectivity index is 1.52. The standard InChI is InChI=1S/C18H20ClN3O3/c19-15-3-5-16(6-4-15)25-13-17(23)21-12-14-2-1-7-20-18(14)22-8-10-24-11-9-22/h1-7H,8-13H2,(H,21,23). The van der Waals surface area contributed by atoms with Gasteiger partial charge in [-0.15, -0.1) is 0 Å². The summed E-state index contributed by atoms with van der Waals surface area (Å²) in [7, 11) is 0. The molecule has 6 nitrogen and oxygen atoms in total. The van der Waals surface area contributed by atoms with Crippen molar-refractivity contribution in [2.24, 2.45) is 0 Å². The van der Waals surface area contributed by atoms with Gasteiger partial charge in [0.05, 0.1) is 13.2 Å². The monoisotopic (exact) mass is 361 g/mol. The van der Waals surface area contributed by atoms with E-state index >= 15 is 0 Å².